The lowest BCUT2D eigenvalue weighted by Gasteiger charge is -2.12. The van der Waals surface area contributed by atoms with Crippen molar-refractivity contribution in [3.05, 3.63) is 33.9 Å². The van der Waals surface area contributed by atoms with Crippen molar-refractivity contribution in [1.29, 1.82) is 0 Å². The first-order chi connectivity index (χ1) is 9.58. The molecule has 0 saturated carbocycles. The van der Waals surface area contributed by atoms with Gasteiger partial charge in [0.05, 0.1) is 22.8 Å². The van der Waals surface area contributed by atoms with Gasteiger partial charge in [0.15, 0.2) is 0 Å². The zero-order valence-electron chi connectivity index (χ0n) is 10.9. The Hall–Kier alpha value is -2.19. The molecule has 2 amide bonds. The zero-order chi connectivity index (χ0) is 14.5. The van der Waals surface area contributed by atoms with Crippen LogP contribution in [0, 0.1) is 17.0 Å². The average molecular weight is 281 g/mol. The number of carbonyl (C=O) groups excluding carboxylic acids is 1. The number of carbonyl (C=O) groups is 1. The van der Waals surface area contributed by atoms with Gasteiger partial charge in [-0.1, -0.05) is 6.07 Å². The monoisotopic (exact) mass is 281 g/mol. The van der Waals surface area contributed by atoms with Crippen LogP contribution in [0.4, 0.5) is 16.2 Å². The van der Waals surface area contributed by atoms with E-state index in [0.29, 0.717) is 24.4 Å². The summed E-state index contributed by atoms with van der Waals surface area (Å²) in [7, 11) is 0. The average Bonchev–Trinajstić information content (AvgIpc) is 2.91. The van der Waals surface area contributed by atoms with Gasteiger partial charge in [-0.25, -0.2) is 4.79 Å². The fourth-order valence-corrected chi connectivity index (χ4v) is 1.82. The van der Waals surface area contributed by atoms with Crippen LogP contribution in [0.5, 0.6) is 0 Å². The van der Waals surface area contributed by atoms with Gasteiger partial charge in [-0.05, 0) is 13.0 Å². The van der Waals surface area contributed by atoms with Crippen LogP contribution in [-0.2, 0) is 9.47 Å². The van der Waals surface area contributed by atoms with Crippen LogP contribution in [0.1, 0.15) is 5.56 Å². The third-order valence-corrected chi connectivity index (χ3v) is 2.93. The summed E-state index contributed by atoms with van der Waals surface area (Å²) in [5.41, 5.74) is 0.781. The third kappa shape index (κ3) is 3.43. The molecule has 1 aliphatic heterocycles. The second-order valence-electron chi connectivity index (χ2n) is 4.32. The van der Waals surface area contributed by atoms with Gasteiger partial charge < -0.3 is 20.1 Å². The molecule has 2 N–H and O–H groups in total. The SMILES string of the molecule is Cc1c(NC(=O)NC[C@H]2COCO2)cccc1[N+](=O)[O-]. The van der Waals surface area contributed by atoms with E-state index in [0.717, 1.165) is 0 Å². The molecule has 108 valence electrons. The van der Waals surface area contributed by atoms with Gasteiger partial charge in [-0.15, -0.1) is 0 Å². The number of urea groups is 1. The molecular weight excluding hydrogens is 266 g/mol. The maximum absolute atomic E-state index is 11.7. The number of hydrogen-bond donors (Lipinski definition) is 2. The minimum absolute atomic E-state index is 0.0321. The summed E-state index contributed by atoms with van der Waals surface area (Å²) in [6.07, 6.45) is -0.160. The number of nitrogens with zero attached hydrogens (tertiary/aromatic N) is 1. The molecule has 20 heavy (non-hydrogen) atoms. The van der Waals surface area contributed by atoms with E-state index in [2.05, 4.69) is 10.6 Å². The highest BCUT2D eigenvalue weighted by molar-refractivity contribution is 5.90. The Morgan fingerprint density at radius 3 is 3.00 bits per heavy atom. The molecule has 1 aromatic carbocycles. The van der Waals surface area contributed by atoms with Gasteiger partial charge in [0, 0.05) is 12.6 Å². The molecule has 8 nitrogen and oxygen atoms in total. The summed E-state index contributed by atoms with van der Waals surface area (Å²) in [5, 5.41) is 16.0. The Morgan fingerprint density at radius 1 is 1.55 bits per heavy atom. The predicted molar refractivity (Wildman–Crippen MR) is 70.5 cm³/mol. The highest BCUT2D eigenvalue weighted by Gasteiger charge is 2.18. The first kappa shape index (κ1) is 14.2. The number of nitro groups is 1. The lowest BCUT2D eigenvalue weighted by Crippen LogP contribution is -2.36. The maximum atomic E-state index is 11.7. The van der Waals surface area contributed by atoms with Crippen molar-refractivity contribution >= 4 is 17.4 Å². The van der Waals surface area contributed by atoms with E-state index in [9.17, 15) is 14.9 Å². The van der Waals surface area contributed by atoms with E-state index < -0.39 is 11.0 Å². The fraction of sp³-hybridized carbons (Fsp3) is 0.417. The van der Waals surface area contributed by atoms with E-state index in [1.807, 2.05) is 0 Å². The van der Waals surface area contributed by atoms with E-state index in [4.69, 9.17) is 9.47 Å². The van der Waals surface area contributed by atoms with Gasteiger partial charge in [0.25, 0.3) is 5.69 Å². The third-order valence-electron chi connectivity index (χ3n) is 2.93. The van der Waals surface area contributed by atoms with Gasteiger partial charge in [-0.2, -0.15) is 0 Å². The molecule has 0 aromatic heterocycles. The van der Waals surface area contributed by atoms with E-state index >= 15 is 0 Å². The van der Waals surface area contributed by atoms with E-state index in [-0.39, 0.29) is 18.6 Å². The van der Waals surface area contributed by atoms with Crippen molar-refractivity contribution in [2.24, 2.45) is 0 Å². The van der Waals surface area contributed by atoms with Crippen molar-refractivity contribution < 1.29 is 19.2 Å². The summed E-state index contributed by atoms with van der Waals surface area (Å²) in [5.74, 6) is 0. The fourth-order valence-electron chi connectivity index (χ4n) is 1.82. The van der Waals surface area contributed by atoms with Crippen molar-refractivity contribution in [1.82, 2.24) is 5.32 Å². The second kappa shape index (κ2) is 6.31. The van der Waals surface area contributed by atoms with Gasteiger partial charge >= 0.3 is 6.03 Å². The molecule has 1 fully saturated rings. The smallest absolute Gasteiger partial charge is 0.319 e. The molecular formula is C12H15N3O5. The molecule has 2 rings (SSSR count). The molecule has 0 aliphatic carbocycles. The number of amides is 2. The molecule has 1 aromatic rings. The summed E-state index contributed by atoms with van der Waals surface area (Å²) in [6.45, 7) is 2.58. The normalized spacial score (nSPS) is 17.8. The molecule has 0 spiro atoms. The Morgan fingerprint density at radius 2 is 2.35 bits per heavy atom. The Labute approximate surface area is 115 Å². The molecule has 1 aliphatic rings. The Bertz CT molecular complexity index is 514. The lowest BCUT2D eigenvalue weighted by atomic mass is 10.1. The number of nitro benzene ring substituents is 1. The number of nitrogens with one attached hydrogen (secondary N) is 2. The van der Waals surface area contributed by atoms with Crippen molar-refractivity contribution in [2.75, 3.05) is 25.3 Å². The Kier molecular flexibility index (Phi) is 4.49. The number of benzene rings is 1. The van der Waals surface area contributed by atoms with Crippen molar-refractivity contribution in [2.45, 2.75) is 13.0 Å². The number of hydrogen-bond acceptors (Lipinski definition) is 5. The van der Waals surface area contributed by atoms with Gasteiger partial charge in [-0.3, -0.25) is 10.1 Å². The first-order valence-electron chi connectivity index (χ1n) is 6.06. The summed E-state index contributed by atoms with van der Waals surface area (Å²) in [6, 6.07) is 4.08. The molecule has 1 atom stereocenters. The summed E-state index contributed by atoms with van der Waals surface area (Å²) >= 11 is 0. The lowest BCUT2D eigenvalue weighted by molar-refractivity contribution is -0.385. The maximum Gasteiger partial charge on any atom is 0.319 e. The van der Waals surface area contributed by atoms with Gasteiger partial charge in [0.1, 0.15) is 12.9 Å². The summed E-state index contributed by atoms with van der Waals surface area (Å²) in [4.78, 5) is 22.0. The quantitative estimate of drug-likeness (QED) is 0.641. The topological polar surface area (TPSA) is 103 Å². The van der Waals surface area contributed by atoms with E-state index in [1.165, 1.54) is 12.1 Å². The molecule has 8 heteroatoms. The molecule has 0 unspecified atom stereocenters. The molecule has 0 bridgehead atoms. The standard InChI is InChI=1S/C12H15N3O5/c1-8-10(3-2-4-11(8)15(17)18)14-12(16)13-5-9-6-19-7-20-9/h2-4,9H,5-7H2,1H3,(H2,13,14,16)/t9-/m0/s1. The second-order valence-corrected chi connectivity index (χ2v) is 4.32. The van der Waals surface area contributed by atoms with Crippen LogP contribution < -0.4 is 10.6 Å². The van der Waals surface area contributed by atoms with Crippen LogP contribution in [0.2, 0.25) is 0 Å². The Balaban J connectivity index is 1.93. The van der Waals surface area contributed by atoms with Crippen molar-refractivity contribution in [3.63, 3.8) is 0 Å². The van der Waals surface area contributed by atoms with Crippen LogP contribution in [0.25, 0.3) is 0 Å². The molecule has 0 radical (unpaired) electrons. The van der Waals surface area contributed by atoms with Crippen LogP contribution >= 0.6 is 0 Å². The minimum atomic E-state index is -0.484. The predicted octanol–water partition coefficient (Wildman–Crippen LogP) is 1.40. The molecule has 1 heterocycles. The highest BCUT2D eigenvalue weighted by atomic mass is 16.7. The zero-order valence-corrected chi connectivity index (χ0v) is 10.9. The van der Waals surface area contributed by atoms with Gasteiger partial charge in [0.2, 0.25) is 0 Å². The minimum Gasteiger partial charge on any atom is -0.353 e. The largest absolute Gasteiger partial charge is 0.353 e. The van der Waals surface area contributed by atoms with Crippen LogP contribution in [0.3, 0.4) is 0 Å². The molecule has 1 saturated heterocycles. The van der Waals surface area contributed by atoms with Crippen LogP contribution in [-0.4, -0.2) is 37.0 Å². The van der Waals surface area contributed by atoms with Crippen LogP contribution in [0.15, 0.2) is 18.2 Å². The number of ether oxygens (including phenoxy) is 2. The number of anilines is 1. The first-order valence-corrected chi connectivity index (χ1v) is 6.06. The van der Waals surface area contributed by atoms with Crippen molar-refractivity contribution in [3.8, 4) is 0 Å². The number of rotatable bonds is 4. The summed E-state index contributed by atoms with van der Waals surface area (Å²) < 4.78 is 10.2. The highest BCUT2D eigenvalue weighted by Crippen LogP contribution is 2.24. The van der Waals surface area contributed by atoms with E-state index in [1.54, 1.807) is 13.0 Å².